The summed E-state index contributed by atoms with van der Waals surface area (Å²) in [5.41, 5.74) is 1.69. The van der Waals surface area contributed by atoms with Gasteiger partial charge in [-0.3, -0.25) is 4.79 Å². The van der Waals surface area contributed by atoms with Gasteiger partial charge in [-0.1, -0.05) is 18.2 Å². The third-order valence-corrected chi connectivity index (χ3v) is 4.07. The lowest BCUT2D eigenvalue weighted by Crippen LogP contribution is -2.28. The van der Waals surface area contributed by atoms with E-state index in [1.54, 1.807) is 40.6 Å². The fraction of sp³-hybridized carbons (Fsp3) is 0.350. The van der Waals surface area contributed by atoms with Gasteiger partial charge in [0.05, 0.1) is 40.9 Å². The summed E-state index contributed by atoms with van der Waals surface area (Å²) in [6, 6.07) is 11.0. The minimum absolute atomic E-state index is 0.113. The predicted octanol–water partition coefficient (Wildman–Crippen LogP) is 3.14. The normalized spacial score (nSPS) is 11.4. The van der Waals surface area contributed by atoms with E-state index in [2.05, 4.69) is 5.32 Å². The van der Waals surface area contributed by atoms with Crippen LogP contribution in [-0.4, -0.2) is 34.3 Å². The topological polar surface area (TPSA) is 66.0 Å². The molecule has 1 N–H and O–H groups in total. The third-order valence-electron chi connectivity index (χ3n) is 4.07. The molecule has 0 unspecified atom stereocenters. The maximum atomic E-state index is 12.5. The molecular weight excluding hydrogens is 334 g/mol. The zero-order valence-electron chi connectivity index (χ0n) is 15.8. The lowest BCUT2D eigenvalue weighted by atomic mass is 10.1. The highest BCUT2D eigenvalue weighted by Gasteiger charge is 2.17. The molecule has 0 aromatic heterocycles. The van der Waals surface area contributed by atoms with E-state index >= 15 is 0 Å². The van der Waals surface area contributed by atoms with Crippen molar-refractivity contribution in [2.75, 3.05) is 28.4 Å². The Bertz CT molecular complexity index is 735. The first-order valence-electron chi connectivity index (χ1n) is 8.25. The summed E-state index contributed by atoms with van der Waals surface area (Å²) in [7, 11) is 6.25. The number of carbonyl (C=O) groups is 1. The highest BCUT2D eigenvalue weighted by Crippen LogP contribution is 2.38. The van der Waals surface area contributed by atoms with E-state index in [1.807, 2.05) is 31.2 Å². The second kappa shape index (κ2) is 8.99. The summed E-state index contributed by atoms with van der Waals surface area (Å²) in [6.45, 7) is 1.92. The maximum absolute atomic E-state index is 12.5. The van der Waals surface area contributed by atoms with Gasteiger partial charge in [-0.05, 0) is 30.7 Å². The molecule has 0 heterocycles. The van der Waals surface area contributed by atoms with E-state index in [0.717, 1.165) is 16.9 Å². The van der Waals surface area contributed by atoms with Crippen molar-refractivity contribution in [1.82, 2.24) is 5.32 Å². The molecular formula is C20H25NO5. The summed E-state index contributed by atoms with van der Waals surface area (Å²) in [5, 5.41) is 2.99. The second-order valence-corrected chi connectivity index (χ2v) is 5.74. The molecule has 140 valence electrons. The van der Waals surface area contributed by atoms with E-state index in [4.69, 9.17) is 18.9 Å². The van der Waals surface area contributed by atoms with Gasteiger partial charge in [-0.2, -0.15) is 0 Å². The summed E-state index contributed by atoms with van der Waals surface area (Å²) in [5.74, 6) is 2.17. The number of amides is 1. The largest absolute Gasteiger partial charge is 0.496 e. The van der Waals surface area contributed by atoms with Gasteiger partial charge in [-0.15, -0.1) is 0 Å². The molecule has 2 aromatic carbocycles. The van der Waals surface area contributed by atoms with Gasteiger partial charge in [0.1, 0.15) is 5.75 Å². The highest BCUT2D eigenvalue weighted by atomic mass is 16.5. The smallest absolute Gasteiger partial charge is 0.224 e. The second-order valence-electron chi connectivity index (χ2n) is 5.74. The van der Waals surface area contributed by atoms with Gasteiger partial charge in [0.15, 0.2) is 11.5 Å². The van der Waals surface area contributed by atoms with Crippen molar-refractivity contribution < 1.29 is 23.7 Å². The Kier molecular flexibility index (Phi) is 6.72. The van der Waals surface area contributed by atoms with Crippen molar-refractivity contribution in [3.63, 3.8) is 0 Å². The van der Waals surface area contributed by atoms with Gasteiger partial charge >= 0.3 is 0 Å². The van der Waals surface area contributed by atoms with E-state index in [0.29, 0.717) is 17.2 Å². The van der Waals surface area contributed by atoms with Gasteiger partial charge in [0, 0.05) is 5.56 Å². The summed E-state index contributed by atoms with van der Waals surface area (Å²) >= 11 is 0. The molecule has 0 bridgehead atoms. The molecule has 2 rings (SSSR count). The molecule has 0 saturated heterocycles. The summed E-state index contributed by atoms with van der Waals surface area (Å²) in [4.78, 5) is 12.5. The van der Waals surface area contributed by atoms with E-state index < -0.39 is 0 Å². The van der Waals surface area contributed by atoms with Crippen molar-refractivity contribution in [2.45, 2.75) is 19.4 Å². The lowest BCUT2D eigenvalue weighted by Gasteiger charge is -2.18. The number of ether oxygens (including phenoxy) is 4. The van der Waals surface area contributed by atoms with Crippen molar-refractivity contribution in [3.05, 3.63) is 47.5 Å². The predicted molar refractivity (Wildman–Crippen MR) is 99.4 cm³/mol. The number of benzene rings is 2. The van der Waals surface area contributed by atoms with E-state index in [9.17, 15) is 4.79 Å². The molecule has 6 nitrogen and oxygen atoms in total. The van der Waals surface area contributed by atoms with Crippen LogP contribution in [0.1, 0.15) is 24.1 Å². The Morgan fingerprint density at radius 1 is 0.923 bits per heavy atom. The number of para-hydroxylation sites is 1. The summed E-state index contributed by atoms with van der Waals surface area (Å²) in [6.07, 6.45) is 0.191. The van der Waals surface area contributed by atoms with Crippen molar-refractivity contribution >= 4 is 5.91 Å². The molecule has 1 atom stereocenters. The third kappa shape index (κ3) is 4.39. The zero-order chi connectivity index (χ0) is 19.1. The number of hydrogen-bond acceptors (Lipinski definition) is 5. The number of nitrogens with one attached hydrogen (secondary N) is 1. The zero-order valence-corrected chi connectivity index (χ0v) is 15.8. The molecule has 2 aromatic rings. The molecule has 0 saturated carbocycles. The van der Waals surface area contributed by atoms with Crippen molar-refractivity contribution in [3.8, 4) is 23.0 Å². The van der Waals surface area contributed by atoms with Gasteiger partial charge in [0.2, 0.25) is 11.7 Å². The lowest BCUT2D eigenvalue weighted by molar-refractivity contribution is -0.121. The van der Waals surface area contributed by atoms with E-state index in [-0.39, 0.29) is 18.4 Å². The number of carbonyl (C=O) groups excluding carboxylic acids is 1. The standard InChI is InChI=1S/C20H25NO5/c1-13(15-8-6-7-9-16(15)23-2)21-19(22)12-14-10-17(24-3)20(26-5)18(11-14)25-4/h6-11,13H,12H2,1-5H3,(H,21,22)/t13-/m0/s1. The average Bonchev–Trinajstić information content (AvgIpc) is 2.66. The Morgan fingerprint density at radius 3 is 2.04 bits per heavy atom. The number of hydrogen-bond donors (Lipinski definition) is 1. The maximum Gasteiger partial charge on any atom is 0.224 e. The van der Waals surface area contributed by atoms with Gasteiger partial charge in [-0.25, -0.2) is 0 Å². The molecule has 6 heteroatoms. The monoisotopic (exact) mass is 359 g/mol. The van der Waals surface area contributed by atoms with Crippen LogP contribution in [0.5, 0.6) is 23.0 Å². The molecule has 1 amide bonds. The number of rotatable bonds is 8. The quantitative estimate of drug-likeness (QED) is 0.784. The first-order chi connectivity index (χ1) is 12.5. The molecule has 0 fully saturated rings. The summed E-state index contributed by atoms with van der Waals surface area (Å²) < 4.78 is 21.3. The van der Waals surface area contributed by atoms with Crippen LogP contribution in [-0.2, 0) is 11.2 Å². The molecule has 0 spiro atoms. The van der Waals surface area contributed by atoms with Crippen LogP contribution < -0.4 is 24.3 Å². The van der Waals surface area contributed by atoms with Crippen LogP contribution in [0.15, 0.2) is 36.4 Å². The Hall–Kier alpha value is -2.89. The van der Waals surface area contributed by atoms with Crippen molar-refractivity contribution in [1.29, 1.82) is 0 Å². The fourth-order valence-corrected chi connectivity index (χ4v) is 2.82. The van der Waals surface area contributed by atoms with E-state index in [1.165, 1.54) is 0 Å². The molecule has 26 heavy (non-hydrogen) atoms. The minimum atomic E-state index is -0.180. The molecule has 0 aliphatic heterocycles. The van der Waals surface area contributed by atoms with Crippen LogP contribution in [0.25, 0.3) is 0 Å². The molecule has 0 aliphatic rings. The molecule has 0 radical (unpaired) electrons. The van der Waals surface area contributed by atoms with Gasteiger partial charge in [0.25, 0.3) is 0 Å². The number of methoxy groups -OCH3 is 4. The highest BCUT2D eigenvalue weighted by molar-refractivity contribution is 5.79. The van der Waals surface area contributed by atoms with Crippen LogP contribution in [0.2, 0.25) is 0 Å². The first kappa shape index (κ1) is 19.4. The molecule has 0 aliphatic carbocycles. The Morgan fingerprint density at radius 2 is 1.50 bits per heavy atom. The minimum Gasteiger partial charge on any atom is -0.496 e. The average molecular weight is 359 g/mol. The van der Waals surface area contributed by atoms with Crippen LogP contribution in [0, 0.1) is 0 Å². The van der Waals surface area contributed by atoms with Crippen LogP contribution >= 0.6 is 0 Å². The Balaban J connectivity index is 2.14. The SMILES string of the molecule is COc1ccccc1[C@H](C)NC(=O)Cc1cc(OC)c(OC)c(OC)c1. The van der Waals surface area contributed by atoms with Crippen LogP contribution in [0.3, 0.4) is 0 Å². The fourth-order valence-electron chi connectivity index (χ4n) is 2.82. The van der Waals surface area contributed by atoms with Crippen LogP contribution in [0.4, 0.5) is 0 Å². The van der Waals surface area contributed by atoms with Gasteiger partial charge < -0.3 is 24.3 Å². The van der Waals surface area contributed by atoms with Crippen molar-refractivity contribution in [2.24, 2.45) is 0 Å². The Labute approximate surface area is 154 Å². The first-order valence-corrected chi connectivity index (χ1v) is 8.25.